The molecule has 11 heteroatoms. The van der Waals surface area contributed by atoms with Gasteiger partial charge in [-0.05, 0) is 41.6 Å². The lowest BCUT2D eigenvalue weighted by atomic mass is 10.1. The van der Waals surface area contributed by atoms with Crippen LogP contribution in [0.15, 0.2) is 48.5 Å². The number of pyridine rings is 1. The van der Waals surface area contributed by atoms with E-state index in [1.54, 1.807) is 55.5 Å². The number of ether oxygens (including phenoxy) is 2. The second-order valence-electron chi connectivity index (χ2n) is 6.96. The lowest BCUT2D eigenvalue weighted by molar-refractivity contribution is -0.144. The largest absolute Gasteiger partial charge is 0.472 e. The molecule has 31 heavy (non-hydrogen) atoms. The topological polar surface area (TPSA) is 121 Å². The predicted octanol–water partition coefficient (Wildman–Crippen LogP) is 1.60. The lowest BCUT2D eigenvalue weighted by Gasteiger charge is -2.14. The standard InChI is InChI=1S/C20H20FN7O3/c1-12(22)20(29)30-10-15-9-28(11-31-15)14-4-5-16(17(21)7-14)13-3-6-18(23-8-13)19-24-25-26-27(19)2/h3-9,12H,10-11,22H2,1-2H3/t12-/m1/s1. The van der Waals surface area contributed by atoms with Gasteiger partial charge in [0.25, 0.3) is 0 Å². The normalized spacial score (nSPS) is 14.2. The van der Waals surface area contributed by atoms with Crippen molar-refractivity contribution >= 4 is 11.7 Å². The number of tetrazole rings is 1. The van der Waals surface area contributed by atoms with Gasteiger partial charge in [0.1, 0.15) is 24.2 Å². The van der Waals surface area contributed by atoms with E-state index in [9.17, 15) is 9.18 Å². The van der Waals surface area contributed by atoms with Crippen molar-refractivity contribution in [2.75, 3.05) is 18.2 Å². The summed E-state index contributed by atoms with van der Waals surface area (Å²) in [5.41, 5.74) is 7.68. The van der Waals surface area contributed by atoms with Crippen molar-refractivity contribution in [2.45, 2.75) is 13.0 Å². The number of halogens is 1. The van der Waals surface area contributed by atoms with Gasteiger partial charge in [-0.3, -0.25) is 9.78 Å². The van der Waals surface area contributed by atoms with E-state index in [-0.39, 0.29) is 13.3 Å². The maximum Gasteiger partial charge on any atom is 0.323 e. The van der Waals surface area contributed by atoms with Gasteiger partial charge in [-0.15, -0.1) is 5.10 Å². The van der Waals surface area contributed by atoms with Gasteiger partial charge in [0.15, 0.2) is 18.3 Å². The Kier molecular flexibility index (Phi) is 5.58. The Bertz CT molecular complexity index is 1130. The quantitative estimate of drug-likeness (QED) is 0.587. The molecule has 1 atom stereocenters. The Balaban J connectivity index is 1.47. The van der Waals surface area contributed by atoms with E-state index in [0.29, 0.717) is 34.1 Å². The first-order valence-corrected chi connectivity index (χ1v) is 9.43. The minimum Gasteiger partial charge on any atom is -0.472 e. The molecular formula is C20H20FN7O3. The molecule has 0 radical (unpaired) electrons. The Hall–Kier alpha value is -3.86. The Labute approximate surface area is 177 Å². The van der Waals surface area contributed by atoms with E-state index in [0.717, 1.165) is 0 Å². The fourth-order valence-corrected chi connectivity index (χ4v) is 2.95. The molecule has 2 aromatic heterocycles. The Morgan fingerprint density at radius 3 is 2.84 bits per heavy atom. The van der Waals surface area contributed by atoms with Crippen LogP contribution in [0.5, 0.6) is 0 Å². The molecule has 0 saturated carbocycles. The number of esters is 1. The van der Waals surface area contributed by atoms with Crippen molar-refractivity contribution in [3.05, 3.63) is 54.3 Å². The van der Waals surface area contributed by atoms with Crippen LogP contribution >= 0.6 is 0 Å². The lowest BCUT2D eigenvalue weighted by Crippen LogP contribution is -2.29. The van der Waals surface area contributed by atoms with Crippen LogP contribution in [0.1, 0.15) is 6.92 Å². The Morgan fingerprint density at radius 1 is 1.35 bits per heavy atom. The molecular weight excluding hydrogens is 405 g/mol. The summed E-state index contributed by atoms with van der Waals surface area (Å²) in [5, 5.41) is 11.3. The highest BCUT2D eigenvalue weighted by Gasteiger charge is 2.19. The van der Waals surface area contributed by atoms with Gasteiger partial charge in [0.05, 0.1) is 0 Å². The van der Waals surface area contributed by atoms with E-state index < -0.39 is 17.8 Å². The Morgan fingerprint density at radius 2 is 2.19 bits per heavy atom. The highest BCUT2D eigenvalue weighted by molar-refractivity contribution is 5.75. The molecule has 0 aliphatic carbocycles. The maximum atomic E-state index is 14.8. The molecule has 0 unspecified atom stereocenters. The number of rotatable bonds is 6. The molecule has 0 spiro atoms. The first kappa shape index (κ1) is 20.4. The van der Waals surface area contributed by atoms with E-state index in [2.05, 4.69) is 20.5 Å². The molecule has 160 valence electrons. The molecule has 1 aliphatic rings. The number of nitrogens with zero attached hydrogens (tertiary/aromatic N) is 6. The first-order chi connectivity index (χ1) is 14.9. The molecule has 3 aromatic rings. The van der Waals surface area contributed by atoms with Crippen LogP contribution in [0, 0.1) is 5.82 Å². The second kappa shape index (κ2) is 8.48. The molecule has 0 fully saturated rings. The third-order valence-electron chi connectivity index (χ3n) is 4.63. The zero-order valence-electron chi connectivity index (χ0n) is 16.9. The van der Waals surface area contributed by atoms with Gasteiger partial charge >= 0.3 is 5.97 Å². The third-order valence-corrected chi connectivity index (χ3v) is 4.63. The minimum absolute atomic E-state index is 0.0313. The fourth-order valence-electron chi connectivity index (χ4n) is 2.95. The summed E-state index contributed by atoms with van der Waals surface area (Å²) in [6, 6.07) is 7.65. The van der Waals surface area contributed by atoms with Crippen LogP contribution in [0.2, 0.25) is 0 Å². The summed E-state index contributed by atoms with van der Waals surface area (Å²) < 4.78 is 26.9. The molecule has 0 saturated heterocycles. The van der Waals surface area contributed by atoms with Crippen molar-refractivity contribution < 1.29 is 18.7 Å². The second-order valence-corrected chi connectivity index (χ2v) is 6.96. The van der Waals surface area contributed by atoms with Crippen LogP contribution in [0.4, 0.5) is 10.1 Å². The monoisotopic (exact) mass is 425 g/mol. The summed E-state index contributed by atoms with van der Waals surface area (Å²) in [6.07, 6.45) is 3.24. The fraction of sp³-hybridized carbons (Fsp3) is 0.250. The molecule has 4 rings (SSSR count). The molecule has 0 bridgehead atoms. The maximum absolute atomic E-state index is 14.8. The number of carbonyl (C=O) groups is 1. The van der Waals surface area contributed by atoms with Crippen LogP contribution in [-0.2, 0) is 21.3 Å². The number of anilines is 1. The number of aromatic nitrogens is 5. The molecule has 2 N–H and O–H groups in total. The van der Waals surface area contributed by atoms with Gasteiger partial charge in [-0.25, -0.2) is 9.07 Å². The van der Waals surface area contributed by atoms with E-state index >= 15 is 0 Å². The summed E-state index contributed by atoms with van der Waals surface area (Å²) in [6.45, 7) is 1.70. The van der Waals surface area contributed by atoms with Crippen LogP contribution < -0.4 is 10.6 Å². The first-order valence-electron chi connectivity index (χ1n) is 9.43. The average molecular weight is 425 g/mol. The van der Waals surface area contributed by atoms with Gasteiger partial charge in [0.2, 0.25) is 0 Å². The summed E-state index contributed by atoms with van der Waals surface area (Å²) in [4.78, 5) is 17.5. The van der Waals surface area contributed by atoms with E-state index in [1.165, 1.54) is 10.7 Å². The molecule has 1 aliphatic heterocycles. The van der Waals surface area contributed by atoms with Gasteiger partial charge in [0, 0.05) is 36.3 Å². The molecule has 0 amide bonds. The van der Waals surface area contributed by atoms with Crippen molar-refractivity contribution in [3.63, 3.8) is 0 Å². The smallest absolute Gasteiger partial charge is 0.323 e. The zero-order valence-corrected chi connectivity index (χ0v) is 16.9. The van der Waals surface area contributed by atoms with Crippen molar-refractivity contribution in [1.29, 1.82) is 0 Å². The molecule has 1 aromatic carbocycles. The van der Waals surface area contributed by atoms with Crippen molar-refractivity contribution in [1.82, 2.24) is 25.2 Å². The van der Waals surface area contributed by atoms with E-state index in [4.69, 9.17) is 15.2 Å². The number of hydrogen-bond donors (Lipinski definition) is 1. The number of hydrogen-bond acceptors (Lipinski definition) is 9. The van der Waals surface area contributed by atoms with Crippen molar-refractivity contribution in [2.24, 2.45) is 12.8 Å². The number of carbonyl (C=O) groups excluding carboxylic acids is 1. The zero-order chi connectivity index (χ0) is 22.0. The van der Waals surface area contributed by atoms with Crippen molar-refractivity contribution in [3.8, 4) is 22.6 Å². The van der Waals surface area contributed by atoms with Crippen LogP contribution in [0.25, 0.3) is 22.6 Å². The van der Waals surface area contributed by atoms with Crippen LogP contribution in [-0.4, -0.2) is 50.5 Å². The summed E-state index contributed by atoms with van der Waals surface area (Å²) >= 11 is 0. The number of aryl methyl sites for hydroxylation is 1. The van der Waals surface area contributed by atoms with Gasteiger partial charge in [-0.1, -0.05) is 6.07 Å². The van der Waals surface area contributed by atoms with Gasteiger partial charge in [-0.2, -0.15) is 0 Å². The third kappa shape index (κ3) is 4.36. The van der Waals surface area contributed by atoms with Gasteiger partial charge < -0.3 is 20.1 Å². The number of benzene rings is 1. The highest BCUT2D eigenvalue weighted by Crippen LogP contribution is 2.29. The minimum atomic E-state index is -0.708. The predicted molar refractivity (Wildman–Crippen MR) is 109 cm³/mol. The van der Waals surface area contributed by atoms with E-state index in [1.807, 2.05) is 0 Å². The summed E-state index contributed by atoms with van der Waals surface area (Å²) in [5.74, 6) is 0.0492. The molecule has 10 nitrogen and oxygen atoms in total. The average Bonchev–Trinajstić information content (AvgIpc) is 3.41. The summed E-state index contributed by atoms with van der Waals surface area (Å²) in [7, 11) is 1.72. The molecule has 3 heterocycles. The SMILES string of the molecule is C[C@@H](N)C(=O)OCC1=CN(c2ccc(-c3ccc(-c4nnnn4C)nc3)c(F)c2)CO1. The number of nitrogens with two attached hydrogens (primary N) is 1. The highest BCUT2D eigenvalue weighted by atomic mass is 19.1. The van der Waals surface area contributed by atoms with Crippen LogP contribution in [0.3, 0.4) is 0 Å².